The number of hydrogen-bond acceptors (Lipinski definition) is 2. The van der Waals surface area contributed by atoms with Gasteiger partial charge in [-0.05, 0) is 50.5 Å². The zero-order valence-corrected chi connectivity index (χ0v) is 9.17. The predicted molar refractivity (Wildman–Crippen MR) is 58.7 cm³/mol. The van der Waals surface area contributed by atoms with Gasteiger partial charge in [-0.2, -0.15) is 0 Å². The summed E-state index contributed by atoms with van der Waals surface area (Å²) >= 11 is 5.92. The molecule has 76 valence electrons. The minimum Gasteiger partial charge on any atom is -0.306 e. The fraction of sp³-hybridized carbons (Fsp3) is 0.545. The third-order valence-corrected chi connectivity index (χ3v) is 3.12. The van der Waals surface area contributed by atoms with Gasteiger partial charge in [-0.25, -0.2) is 0 Å². The molecule has 2 rings (SSSR count). The Morgan fingerprint density at radius 3 is 2.71 bits per heavy atom. The van der Waals surface area contributed by atoms with Crippen molar-refractivity contribution in [2.24, 2.45) is 0 Å². The van der Waals surface area contributed by atoms with Crippen molar-refractivity contribution in [3.63, 3.8) is 0 Å². The van der Waals surface area contributed by atoms with Crippen LogP contribution in [0.4, 0.5) is 0 Å². The van der Waals surface area contributed by atoms with Crippen LogP contribution in [0.1, 0.15) is 24.3 Å². The number of hydrogen-bond donors (Lipinski definition) is 0. The van der Waals surface area contributed by atoms with Crippen molar-refractivity contribution in [2.75, 3.05) is 20.1 Å². The third-order valence-electron chi connectivity index (χ3n) is 2.92. The van der Waals surface area contributed by atoms with E-state index < -0.39 is 0 Å². The first-order chi connectivity index (χ1) is 6.75. The van der Waals surface area contributed by atoms with E-state index in [0.717, 1.165) is 5.02 Å². The van der Waals surface area contributed by atoms with Crippen molar-refractivity contribution in [3.05, 3.63) is 29.0 Å². The lowest BCUT2D eigenvalue weighted by Crippen LogP contribution is -2.29. The Morgan fingerprint density at radius 2 is 2.07 bits per heavy atom. The van der Waals surface area contributed by atoms with Gasteiger partial charge in [0.05, 0.1) is 5.02 Å². The second kappa shape index (κ2) is 4.28. The zero-order chi connectivity index (χ0) is 9.97. The molecule has 3 heteroatoms. The molecule has 1 aromatic heterocycles. The quantitative estimate of drug-likeness (QED) is 0.708. The summed E-state index contributed by atoms with van der Waals surface area (Å²) < 4.78 is 0. The summed E-state index contributed by atoms with van der Waals surface area (Å²) in [6.07, 6.45) is 6.08. The van der Waals surface area contributed by atoms with Gasteiger partial charge in [0.25, 0.3) is 0 Å². The highest BCUT2D eigenvalue weighted by atomic mass is 35.5. The molecule has 1 aliphatic heterocycles. The molecule has 1 aliphatic rings. The number of pyridine rings is 1. The Morgan fingerprint density at radius 1 is 1.36 bits per heavy atom. The molecule has 2 heterocycles. The van der Waals surface area contributed by atoms with E-state index in [-0.39, 0.29) is 0 Å². The van der Waals surface area contributed by atoms with Crippen LogP contribution in [-0.4, -0.2) is 30.0 Å². The van der Waals surface area contributed by atoms with Crippen LogP contribution >= 0.6 is 11.6 Å². The highest BCUT2D eigenvalue weighted by Gasteiger charge is 2.18. The molecule has 0 aromatic carbocycles. The summed E-state index contributed by atoms with van der Waals surface area (Å²) in [5.41, 5.74) is 1.30. The first kappa shape index (κ1) is 9.94. The lowest BCUT2D eigenvalue weighted by atomic mass is 9.91. The Labute approximate surface area is 89.9 Å². The van der Waals surface area contributed by atoms with Crippen molar-refractivity contribution in [1.82, 2.24) is 9.88 Å². The van der Waals surface area contributed by atoms with E-state index in [4.69, 9.17) is 11.6 Å². The van der Waals surface area contributed by atoms with Gasteiger partial charge in [-0.1, -0.05) is 11.6 Å². The topological polar surface area (TPSA) is 16.1 Å². The van der Waals surface area contributed by atoms with E-state index >= 15 is 0 Å². The van der Waals surface area contributed by atoms with Crippen molar-refractivity contribution in [1.29, 1.82) is 0 Å². The smallest absolute Gasteiger partial charge is 0.0592 e. The molecular formula is C11H15ClN2. The van der Waals surface area contributed by atoms with Gasteiger partial charge in [0.2, 0.25) is 0 Å². The van der Waals surface area contributed by atoms with Crippen molar-refractivity contribution >= 4 is 11.6 Å². The molecule has 0 amide bonds. The van der Waals surface area contributed by atoms with Gasteiger partial charge >= 0.3 is 0 Å². The number of nitrogens with zero attached hydrogens (tertiary/aromatic N) is 2. The average Bonchev–Trinajstić information content (AvgIpc) is 2.19. The second-order valence-corrected chi connectivity index (χ2v) is 4.45. The summed E-state index contributed by atoms with van der Waals surface area (Å²) in [5.74, 6) is 0.650. The summed E-state index contributed by atoms with van der Waals surface area (Å²) in [4.78, 5) is 6.50. The van der Waals surface area contributed by atoms with Gasteiger partial charge < -0.3 is 4.90 Å². The fourth-order valence-corrected chi connectivity index (χ4v) is 2.18. The van der Waals surface area contributed by atoms with Crippen LogP contribution in [0.15, 0.2) is 18.5 Å². The lowest BCUT2D eigenvalue weighted by Gasteiger charge is -2.28. The molecular weight excluding hydrogens is 196 g/mol. The minimum atomic E-state index is 0.650. The molecule has 1 aromatic rings. The summed E-state index contributed by atoms with van der Waals surface area (Å²) in [6.45, 7) is 2.36. The normalized spacial score (nSPS) is 19.9. The molecule has 0 aliphatic carbocycles. The molecule has 2 nitrogen and oxygen atoms in total. The molecule has 0 unspecified atom stereocenters. The monoisotopic (exact) mass is 210 g/mol. The van der Waals surface area contributed by atoms with Gasteiger partial charge in [0, 0.05) is 12.4 Å². The summed E-state index contributed by atoms with van der Waals surface area (Å²) in [7, 11) is 2.17. The molecule has 1 saturated heterocycles. The van der Waals surface area contributed by atoms with Crippen molar-refractivity contribution in [2.45, 2.75) is 18.8 Å². The number of rotatable bonds is 1. The second-order valence-electron chi connectivity index (χ2n) is 4.01. The fourth-order valence-electron chi connectivity index (χ4n) is 1.99. The van der Waals surface area contributed by atoms with Crippen LogP contribution in [0, 0.1) is 0 Å². The minimum absolute atomic E-state index is 0.650. The zero-order valence-electron chi connectivity index (χ0n) is 8.41. The maximum absolute atomic E-state index is 5.92. The van der Waals surface area contributed by atoms with Crippen molar-refractivity contribution in [3.8, 4) is 0 Å². The first-order valence-electron chi connectivity index (χ1n) is 5.04. The van der Waals surface area contributed by atoms with E-state index in [2.05, 4.69) is 16.9 Å². The van der Waals surface area contributed by atoms with Crippen molar-refractivity contribution < 1.29 is 0 Å². The summed E-state index contributed by atoms with van der Waals surface area (Å²) in [6, 6.07) is 2.05. The van der Waals surface area contributed by atoms with Crippen LogP contribution < -0.4 is 0 Å². The maximum Gasteiger partial charge on any atom is 0.0592 e. The highest BCUT2D eigenvalue weighted by Crippen LogP contribution is 2.28. The molecule has 14 heavy (non-hydrogen) atoms. The Bertz CT molecular complexity index is 306. The number of aromatic nitrogens is 1. The van der Waals surface area contributed by atoms with Crippen LogP contribution in [0.5, 0.6) is 0 Å². The van der Waals surface area contributed by atoms with Gasteiger partial charge in [-0.3, -0.25) is 4.98 Å². The van der Waals surface area contributed by atoms with Crippen LogP contribution in [0.2, 0.25) is 5.02 Å². The van der Waals surface area contributed by atoms with Gasteiger partial charge in [-0.15, -0.1) is 0 Å². The van der Waals surface area contributed by atoms with E-state index in [1.807, 2.05) is 12.3 Å². The number of halogens is 1. The van der Waals surface area contributed by atoms with Crippen LogP contribution in [0.3, 0.4) is 0 Å². The molecule has 0 N–H and O–H groups in total. The number of likely N-dealkylation sites (tertiary alicyclic amines) is 1. The first-order valence-corrected chi connectivity index (χ1v) is 5.42. The van der Waals surface area contributed by atoms with E-state index in [1.54, 1.807) is 6.20 Å². The molecule has 0 atom stereocenters. The molecule has 0 radical (unpaired) electrons. The van der Waals surface area contributed by atoms with E-state index in [9.17, 15) is 0 Å². The molecule has 1 fully saturated rings. The largest absolute Gasteiger partial charge is 0.306 e. The van der Waals surface area contributed by atoms with E-state index in [1.165, 1.54) is 31.5 Å². The molecule has 0 saturated carbocycles. The highest BCUT2D eigenvalue weighted by molar-refractivity contribution is 6.30. The standard InChI is InChI=1S/C11H15ClN2/c1-14-4-2-9(3-5-14)10-6-11(12)8-13-7-10/h6-9H,2-5H2,1H3. The van der Waals surface area contributed by atoms with Gasteiger partial charge in [0.1, 0.15) is 0 Å². The third kappa shape index (κ3) is 2.25. The number of piperidine rings is 1. The Kier molecular flexibility index (Phi) is 3.04. The summed E-state index contributed by atoms with van der Waals surface area (Å²) in [5, 5.41) is 0.751. The van der Waals surface area contributed by atoms with Crippen LogP contribution in [-0.2, 0) is 0 Å². The van der Waals surface area contributed by atoms with Gasteiger partial charge in [0.15, 0.2) is 0 Å². The van der Waals surface area contributed by atoms with Crippen LogP contribution in [0.25, 0.3) is 0 Å². The molecule has 0 spiro atoms. The molecule has 0 bridgehead atoms. The predicted octanol–water partition coefficient (Wildman–Crippen LogP) is 2.54. The average molecular weight is 211 g/mol. The lowest BCUT2D eigenvalue weighted by molar-refractivity contribution is 0.255. The van der Waals surface area contributed by atoms with E-state index in [0.29, 0.717) is 5.92 Å². The Balaban J connectivity index is 2.08. The SMILES string of the molecule is CN1CCC(c2cncc(Cl)c2)CC1. The Hall–Kier alpha value is -0.600. The maximum atomic E-state index is 5.92.